The van der Waals surface area contributed by atoms with Gasteiger partial charge in [0.2, 0.25) is 5.91 Å². The Balaban J connectivity index is 1.80. The first kappa shape index (κ1) is 15.7. The highest BCUT2D eigenvalue weighted by Crippen LogP contribution is 2.27. The number of benzene rings is 1. The molecule has 2 heterocycles. The molecule has 1 unspecified atom stereocenters. The van der Waals surface area contributed by atoms with Crippen LogP contribution in [0.2, 0.25) is 0 Å². The summed E-state index contributed by atoms with van der Waals surface area (Å²) in [6, 6.07) is 8.16. The Labute approximate surface area is 138 Å². The summed E-state index contributed by atoms with van der Waals surface area (Å²) in [5.41, 5.74) is 4.51. The molecule has 0 fully saturated rings. The molecule has 1 aromatic carbocycles. The largest absolute Gasteiger partial charge is 0.506 e. The second kappa shape index (κ2) is 6.49. The van der Waals surface area contributed by atoms with E-state index in [0.29, 0.717) is 28.9 Å². The first-order valence-corrected chi connectivity index (χ1v) is 7.46. The van der Waals surface area contributed by atoms with E-state index in [0.717, 1.165) is 0 Å². The Morgan fingerprint density at radius 2 is 2.21 bits per heavy atom. The zero-order valence-electron chi connectivity index (χ0n) is 13.0. The number of phenols is 1. The van der Waals surface area contributed by atoms with E-state index in [2.05, 4.69) is 20.8 Å². The summed E-state index contributed by atoms with van der Waals surface area (Å²) in [5, 5.41) is 16.9. The quantitative estimate of drug-likeness (QED) is 0.750. The van der Waals surface area contributed by atoms with Gasteiger partial charge in [-0.2, -0.15) is 5.10 Å². The number of nitrogens with zero attached hydrogens (tertiary/aromatic N) is 2. The number of hydrogen-bond acceptors (Lipinski definition) is 5. The van der Waals surface area contributed by atoms with Crippen LogP contribution in [0, 0.1) is 5.92 Å². The summed E-state index contributed by atoms with van der Waals surface area (Å²) in [6.07, 6.45) is 3.37. The Kier molecular flexibility index (Phi) is 4.24. The maximum atomic E-state index is 12.1. The number of aromatic hydroxyl groups is 1. The molecule has 1 aromatic heterocycles. The van der Waals surface area contributed by atoms with Gasteiger partial charge in [0.25, 0.3) is 5.91 Å². The molecular weight excluding hydrogens is 308 g/mol. The van der Waals surface area contributed by atoms with Crippen molar-refractivity contribution >= 4 is 23.2 Å². The van der Waals surface area contributed by atoms with E-state index in [-0.39, 0.29) is 23.5 Å². The molecule has 24 heavy (non-hydrogen) atoms. The van der Waals surface area contributed by atoms with Gasteiger partial charge in [-0.05, 0) is 24.3 Å². The molecule has 0 bridgehead atoms. The standard InChI is InChI=1S/C17H16N4O3/c1-10-7-15(23)20-21-16(10)11-4-5-13(14(22)8-11)19-17(24)12-3-2-6-18-9-12/h2-6,8-10,22H,7H2,1H3,(H,19,24)(H,20,23). The third-order valence-corrected chi connectivity index (χ3v) is 3.72. The van der Waals surface area contributed by atoms with Gasteiger partial charge in [-0.3, -0.25) is 14.6 Å². The van der Waals surface area contributed by atoms with Crippen LogP contribution >= 0.6 is 0 Å². The van der Waals surface area contributed by atoms with Crippen molar-refractivity contribution in [2.24, 2.45) is 11.0 Å². The van der Waals surface area contributed by atoms with Crippen molar-refractivity contribution < 1.29 is 14.7 Å². The summed E-state index contributed by atoms with van der Waals surface area (Å²) in [4.78, 5) is 27.3. The Morgan fingerprint density at radius 1 is 1.38 bits per heavy atom. The number of carbonyl (C=O) groups is 2. The molecule has 0 saturated heterocycles. The fourth-order valence-electron chi connectivity index (χ4n) is 2.49. The van der Waals surface area contributed by atoms with Gasteiger partial charge in [0.05, 0.1) is 17.0 Å². The number of pyridine rings is 1. The van der Waals surface area contributed by atoms with Gasteiger partial charge in [0, 0.05) is 30.3 Å². The number of amides is 2. The fraction of sp³-hybridized carbons (Fsp3) is 0.176. The number of carbonyl (C=O) groups excluding carboxylic acids is 2. The molecule has 0 aliphatic carbocycles. The van der Waals surface area contributed by atoms with Crippen LogP contribution in [0.25, 0.3) is 0 Å². The lowest BCUT2D eigenvalue weighted by molar-refractivity contribution is -0.121. The molecule has 2 amide bonds. The molecule has 2 aromatic rings. The van der Waals surface area contributed by atoms with Crippen LogP contribution in [-0.4, -0.2) is 27.6 Å². The number of rotatable bonds is 3. The molecule has 1 aliphatic rings. The van der Waals surface area contributed by atoms with E-state index in [9.17, 15) is 14.7 Å². The number of nitrogens with one attached hydrogen (secondary N) is 2. The second-order valence-corrected chi connectivity index (χ2v) is 5.56. The predicted molar refractivity (Wildman–Crippen MR) is 88.8 cm³/mol. The highest BCUT2D eigenvalue weighted by atomic mass is 16.3. The van der Waals surface area contributed by atoms with E-state index in [1.165, 1.54) is 12.3 Å². The van der Waals surface area contributed by atoms with Crippen molar-refractivity contribution in [1.29, 1.82) is 0 Å². The van der Waals surface area contributed by atoms with Crippen molar-refractivity contribution in [1.82, 2.24) is 10.4 Å². The van der Waals surface area contributed by atoms with Crippen LogP contribution in [0.4, 0.5) is 5.69 Å². The van der Waals surface area contributed by atoms with E-state index in [1.54, 1.807) is 30.5 Å². The van der Waals surface area contributed by atoms with Crippen molar-refractivity contribution in [2.75, 3.05) is 5.32 Å². The Hall–Kier alpha value is -3.22. The van der Waals surface area contributed by atoms with Crippen molar-refractivity contribution in [3.63, 3.8) is 0 Å². The van der Waals surface area contributed by atoms with Gasteiger partial charge in [-0.15, -0.1) is 0 Å². The maximum absolute atomic E-state index is 12.1. The van der Waals surface area contributed by atoms with Crippen LogP contribution in [-0.2, 0) is 4.79 Å². The van der Waals surface area contributed by atoms with Crippen LogP contribution in [0.5, 0.6) is 5.75 Å². The Bertz CT molecular complexity index is 818. The molecule has 0 radical (unpaired) electrons. The summed E-state index contributed by atoms with van der Waals surface area (Å²) < 4.78 is 0. The van der Waals surface area contributed by atoms with Crippen LogP contribution in [0.1, 0.15) is 29.3 Å². The van der Waals surface area contributed by atoms with Gasteiger partial charge >= 0.3 is 0 Å². The lowest BCUT2D eigenvalue weighted by atomic mass is 9.94. The molecule has 0 saturated carbocycles. The molecule has 3 N–H and O–H groups in total. The van der Waals surface area contributed by atoms with E-state index < -0.39 is 0 Å². The zero-order chi connectivity index (χ0) is 17.1. The topological polar surface area (TPSA) is 104 Å². The normalized spacial score (nSPS) is 17.0. The number of aromatic nitrogens is 1. The summed E-state index contributed by atoms with van der Waals surface area (Å²) in [6.45, 7) is 1.90. The van der Waals surface area contributed by atoms with Gasteiger partial charge in [0.1, 0.15) is 5.75 Å². The molecule has 0 spiro atoms. The summed E-state index contributed by atoms with van der Waals surface area (Å²) in [5.74, 6) is -0.608. The third kappa shape index (κ3) is 3.24. The minimum Gasteiger partial charge on any atom is -0.506 e. The lowest BCUT2D eigenvalue weighted by Gasteiger charge is -2.19. The highest BCUT2D eigenvalue weighted by molar-refractivity contribution is 6.08. The molecule has 1 aliphatic heterocycles. The Morgan fingerprint density at radius 3 is 2.88 bits per heavy atom. The van der Waals surface area contributed by atoms with Crippen molar-refractivity contribution in [2.45, 2.75) is 13.3 Å². The number of hydrogen-bond donors (Lipinski definition) is 3. The highest BCUT2D eigenvalue weighted by Gasteiger charge is 2.22. The molecular formula is C17H16N4O3. The van der Waals surface area contributed by atoms with Crippen molar-refractivity contribution in [3.8, 4) is 5.75 Å². The SMILES string of the molecule is CC1CC(=O)NN=C1c1ccc(NC(=O)c2cccnc2)c(O)c1. The van der Waals surface area contributed by atoms with Gasteiger partial charge in [0.15, 0.2) is 0 Å². The fourth-order valence-corrected chi connectivity index (χ4v) is 2.49. The molecule has 3 rings (SSSR count). The zero-order valence-corrected chi connectivity index (χ0v) is 13.0. The van der Waals surface area contributed by atoms with E-state index in [4.69, 9.17) is 0 Å². The molecule has 7 heteroatoms. The predicted octanol–water partition coefficient (Wildman–Crippen LogP) is 1.90. The average Bonchev–Trinajstić information content (AvgIpc) is 2.57. The van der Waals surface area contributed by atoms with Gasteiger partial charge in [-0.1, -0.05) is 13.0 Å². The van der Waals surface area contributed by atoms with Crippen molar-refractivity contribution in [3.05, 3.63) is 53.9 Å². The monoisotopic (exact) mass is 324 g/mol. The number of hydrazone groups is 1. The lowest BCUT2D eigenvalue weighted by Crippen LogP contribution is -2.31. The van der Waals surface area contributed by atoms with Crippen LogP contribution < -0.4 is 10.7 Å². The van der Waals surface area contributed by atoms with Crippen LogP contribution in [0.3, 0.4) is 0 Å². The molecule has 122 valence electrons. The minimum atomic E-state index is -0.359. The number of phenolic OH excluding ortho intramolecular Hbond substituents is 1. The first-order chi connectivity index (χ1) is 11.5. The minimum absolute atomic E-state index is 0.0472. The second-order valence-electron chi connectivity index (χ2n) is 5.56. The summed E-state index contributed by atoms with van der Waals surface area (Å²) in [7, 11) is 0. The maximum Gasteiger partial charge on any atom is 0.257 e. The number of anilines is 1. The first-order valence-electron chi connectivity index (χ1n) is 7.46. The molecule has 1 atom stereocenters. The third-order valence-electron chi connectivity index (χ3n) is 3.72. The van der Waals surface area contributed by atoms with Crippen LogP contribution in [0.15, 0.2) is 47.8 Å². The summed E-state index contributed by atoms with van der Waals surface area (Å²) >= 11 is 0. The van der Waals surface area contributed by atoms with E-state index >= 15 is 0 Å². The van der Waals surface area contributed by atoms with E-state index in [1.807, 2.05) is 6.92 Å². The molecule has 7 nitrogen and oxygen atoms in total. The van der Waals surface area contributed by atoms with Gasteiger partial charge < -0.3 is 10.4 Å². The van der Waals surface area contributed by atoms with Gasteiger partial charge in [-0.25, -0.2) is 5.43 Å². The smallest absolute Gasteiger partial charge is 0.257 e. The average molecular weight is 324 g/mol.